The second-order valence-electron chi connectivity index (χ2n) is 4.21. The molecule has 0 spiro atoms. The molecule has 0 saturated carbocycles. The summed E-state index contributed by atoms with van der Waals surface area (Å²) in [6.07, 6.45) is 2.33. The molecule has 4 nitrogen and oxygen atoms in total. The number of hydrogen-bond acceptors (Lipinski definition) is 3. The van der Waals surface area contributed by atoms with Crippen molar-refractivity contribution >= 4 is 44.8 Å². The number of rotatable bonds is 4. The lowest BCUT2D eigenvalue weighted by Gasteiger charge is -2.09. The largest absolute Gasteiger partial charge is 0.382 e. The maximum absolute atomic E-state index is 11.7. The van der Waals surface area contributed by atoms with E-state index in [1.165, 1.54) is 4.68 Å². The van der Waals surface area contributed by atoms with Gasteiger partial charge >= 0.3 is 0 Å². The normalized spacial score (nSPS) is 10.6. The number of aryl methyl sites for hydroxylation is 1. The number of hydrogen-bond donors (Lipinski definition) is 1. The first kappa shape index (κ1) is 15.4. The molecule has 0 aliphatic carbocycles. The van der Waals surface area contributed by atoms with Crippen LogP contribution >= 0.6 is 39.1 Å². The fourth-order valence-electron chi connectivity index (χ4n) is 1.69. The van der Waals surface area contributed by atoms with Gasteiger partial charge in [0.15, 0.2) is 0 Å². The smallest absolute Gasteiger partial charge is 0.282 e. The fourth-order valence-corrected chi connectivity index (χ4v) is 2.69. The van der Waals surface area contributed by atoms with Gasteiger partial charge in [0, 0.05) is 23.6 Å². The third-order valence-electron chi connectivity index (χ3n) is 2.80. The van der Waals surface area contributed by atoms with Crippen molar-refractivity contribution in [2.45, 2.75) is 6.42 Å². The van der Waals surface area contributed by atoms with Crippen LogP contribution in [0.3, 0.4) is 0 Å². The number of halogens is 3. The first-order valence-corrected chi connectivity index (χ1v) is 7.43. The van der Waals surface area contributed by atoms with Crippen molar-refractivity contribution in [1.29, 1.82) is 0 Å². The lowest BCUT2D eigenvalue weighted by atomic mass is 10.1. The molecule has 0 radical (unpaired) electrons. The van der Waals surface area contributed by atoms with E-state index in [0.29, 0.717) is 26.8 Å². The number of anilines is 1. The minimum absolute atomic E-state index is 0.181. The topological polar surface area (TPSA) is 46.9 Å². The van der Waals surface area contributed by atoms with E-state index in [2.05, 4.69) is 26.3 Å². The van der Waals surface area contributed by atoms with Gasteiger partial charge in [-0.15, -0.1) is 0 Å². The summed E-state index contributed by atoms with van der Waals surface area (Å²) < 4.78 is 1.74. The number of nitrogens with zero attached hydrogens (tertiary/aromatic N) is 2. The Labute approximate surface area is 134 Å². The molecule has 1 aromatic heterocycles. The lowest BCUT2D eigenvalue weighted by Crippen LogP contribution is -2.21. The van der Waals surface area contributed by atoms with Crippen LogP contribution in [0.2, 0.25) is 10.0 Å². The molecule has 0 saturated heterocycles. The minimum atomic E-state index is -0.181. The van der Waals surface area contributed by atoms with Crippen LogP contribution in [0.4, 0.5) is 5.69 Å². The van der Waals surface area contributed by atoms with Gasteiger partial charge in [0.25, 0.3) is 5.56 Å². The van der Waals surface area contributed by atoms with E-state index in [0.717, 1.165) is 12.0 Å². The van der Waals surface area contributed by atoms with Crippen molar-refractivity contribution in [2.75, 3.05) is 11.9 Å². The molecule has 0 amide bonds. The molecule has 0 aliphatic rings. The predicted molar refractivity (Wildman–Crippen MR) is 85.8 cm³/mol. The quantitative estimate of drug-likeness (QED) is 0.888. The van der Waals surface area contributed by atoms with Gasteiger partial charge in [0.05, 0.1) is 11.9 Å². The zero-order valence-corrected chi connectivity index (χ0v) is 13.8. The van der Waals surface area contributed by atoms with Crippen LogP contribution in [0.1, 0.15) is 5.56 Å². The molecule has 0 unspecified atom stereocenters. The number of nitrogens with one attached hydrogen (secondary N) is 1. The molecule has 1 N–H and O–H groups in total. The van der Waals surface area contributed by atoms with Crippen molar-refractivity contribution in [2.24, 2.45) is 7.05 Å². The average molecular weight is 377 g/mol. The van der Waals surface area contributed by atoms with Gasteiger partial charge in [-0.2, -0.15) is 5.10 Å². The molecule has 20 heavy (non-hydrogen) atoms. The van der Waals surface area contributed by atoms with Crippen LogP contribution in [0.15, 0.2) is 33.7 Å². The number of aromatic nitrogens is 2. The molecule has 1 heterocycles. The summed E-state index contributed by atoms with van der Waals surface area (Å²) in [7, 11) is 1.60. The summed E-state index contributed by atoms with van der Waals surface area (Å²) >= 11 is 15.2. The van der Waals surface area contributed by atoms with Gasteiger partial charge in [-0.05, 0) is 40.0 Å². The molecule has 106 valence electrons. The Balaban J connectivity index is 2.03. The maximum Gasteiger partial charge on any atom is 0.282 e. The van der Waals surface area contributed by atoms with Crippen LogP contribution in [0.5, 0.6) is 0 Å². The molecule has 2 rings (SSSR count). The standard InChI is InChI=1S/C13H12BrCl2N3O/c1-19-13(20)12(14)11(7-18-19)17-5-4-8-2-3-9(15)6-10(8)16/h2-3,6-7,17H,4-5H2,1H3. The zero-order valence-electron chi connectivity index (χ0n) is 10.7. The fraction of sp³-hybridized carbons (Fsp3) is 0.231. The van der Waals surface area contributed by atoms with E-state index in [-0.39, 0.29) is 5.56 Å². The summed E-state index contributed by atoms with van der Waals surface area (Å²) in [6, 6.07) is 5.41. The third kappa shape index (κ3) is 3.53. The van der Waals surface area contributed by atoms with Gasteiger partial charge in [-0.3, -0.25) is 4.79 Å². The lowest BCUT2D eigenvalue weighted by molar-refractivity contribution is 0.703. The molecule has 0 fully saturated rings. The van der Waals surface area contributed by atoms with Gasteiger partial charge in [-0.25, -0.2) is 4.68 Å². The molecule has 1 aromatic carbocycles. The Morgan fingerprint density at radius 3 is 2.85 bits per heavy atom. The van der Waals surface area contributed by atoms with Gasteiger partial charge in [0.2, 0.25) is 0 Å². The predicted octanol–water partition coefficient (Wildman–Crippen LogP) is 3.50. The minimum Gasteiger partial charge on any atom is -0.382 e. The second kappa shape index (κ2) is 6.61. The highest BCUT2D eigenvalue weighted by Crippen LogP contribution is 2.22. The van der Waals surface area contributed by atoms with Crippen molar-refractivity contribution in [3.63, 3.8) is 0 Å². The highest BCUT2D eigenvalue weighted by atomic mass is 79.9. The Morgan fingerprint density at radius 2 is 2.15 bits per heavy atom. The molecule has 0 atom stereocenters. The van der Waals surface area contributed by atoms with Crippen molar-refractivity contribution in [3.8, 4) is 0 Å². The van der Waals surface area contributed by atoms with Gasteiger partial charge in [-0.1, -0.05) is 29.3 Å². The summed E-state index contributed by atoms with van der Waals surface area (Å²) in [5.74, 6) is 0. The Kier molecular flexibility index (Phi) is 5.07. The van der Waals surface area contributed by atoms with E-state index < -0.39 is 0 Å². The van der Waals surface area contributed by atoms with Crippen molar-refractivity contribution in [1.82, 2.24) is 9.78 Å². The third-order valence-corrected chi connectivity index (χ3v) is 4.16. The Bertz CT molecular complexity index is 688. The Morgan fingerprint density at radius 1 is 1.40 bits per heavy atom. The van der Waals surface area contributed by atoms with E-state index >= 15 is 0 Å². The first-order chi connectivity index (χ1) is 9.49. The highest BCUT2D eigenvalue weighted by Gasteiger charge is 2.07. The molecule has 7 heteroatoms. The van der Waals surface area contributed by atoms with E-state index in [1.54, 1.807) is 25.4 Å². The number of benzene rings is 1. The molecule has 2 aromatic rings. The maximum atomic E-state index is 11.7. The van der Waals surface area contributed by atoms with Crippen molar-refractivity contribution in [3.05, 3.63) is 54.8 Å². The van der Waals surface area contributed by atoms with Crippen LogP contribution in [0, 0.1) is 0 Å². The monoisotopic (exact) mass is 375 g/mol. The molecule has 0 aliphatic heterocycles. The van der Waals surface area contributed by atoms with Crippen LogP contribution in [-0.4, -0.2) is 16.3 Å². The highest BCUT2D eigenvalue weighted by molar-refractivity contribution is 9.10. The Hall–Kier alpha value is -1.04. The van der Waals surface area contributed by atoms with Crippen molar-refractivity contribution < 1.29 is 0 Å². The van der Waals surface area contributed by atoms with Crippen LogP contribution in [0.25, 0.3) is 0 Å². The summed E-state index contributed by atoms with van der Waals surface area (Å²) in [5.41, 5.74) is 1.48. The second-order valence-corrected chi connectivity index (χ2v) is 5.85. The molecular formula is C13H12BrCl2N3O. The van der Waals surface area contributed by atoms with E-state index in [9.17, 15) is 4.79 Å². The SMILES string of the molecule is Cn1ncc(NCCc2ccc(Cl)cc2Cl)c(Br)c1=O. The average Bonchev–Trinajstić information content (AvgIpc) is 2.41. The summed E-state index contributed by atoms with van der Waals surface area (Å²) in [4.78, 5) is 11.7. The van der Waals surface area contributed by atoms with Crippen LogP contribution in [-0.2, 0) is 13.5 Å². The van der Waals surface area contributed by atoms with Gasteiger partial charge < -0.3 is 5.32 Å². The zero-order chi connectivity index (χ0) is 14.7. The van der Waals surface area contributed by atoms with Crippen LogP contribution < -0.4 is 10.9 Å². The van der Waals surface area contributed by atoms with Gasteiger partial charge in [0.1, 0.15) is 4.47 Å². The molecule has 0 bridgehead atoms. The van der Waals surface area contributed by atoms with E-state index in [1.807, 2.05) is 6.07 Å². The first-order valence-electron chi connectivity index (χ1n) is 5.88. The summed E-state index contributed by atoms with van der Waals surface area (Å²) in [6.45, 7) is 0.634. The summed E-state index contributed by atoms with van der Waals surface area (Å²) in [5, 5.41) is 8.37. The molecular weight excluding hydrogens is 365 g/mol. The van der Waals surface area contributed by atoms with E-state index in [4.69, 9.17) is 23.2 Å².